The van der Waals surface area contributed by atoms with E-state index in [0.29, 0.717) is 11.3 Å². The number of nitrogens with one attached hydrogen (secondary N) is 1. The third-order valence-corrected chi connectivity index (χ3v) is 2.82. The van der Waals surface area contributed by atoms with Crippen molar-refractivity contribution in [1.29, 1.82) is 0 Å². The van der Waals surface area contributed by atoms with Crippen molar-refractivity contribution in [3.05, 3.63) is 53.6 Å². The zero-order valence-corrected chi connectivity index (χ0v) is 11.6. The van der Waals surface area contributed by atoms with Gasteiger partial charge in [0.2, 0.25) is 0 Å². The molecule has 0 saturated carbocycles. The molecule has 2 aromatic carbocycles. The summed E-state index contributed by atoms with van der Waals surface area (Å²) < 4.78 is 42.7. The summed E-state index contributed by atoms with van der Waals surface area (Å²) in [5.74, 6) is 0.508. The van der Waals surface area contributed by atoms with E-state index < -0.39 is 11.7 Å². The van der Waals surface area contributed by atoms with Gasteiger partial charge in [-0.05, 0) is 36.4 Å². The number of phenols is 1. The smallest absolute Gasteiger partial charge is 0.416 e. The van der Waals surface area contributed by atoms with Gasteiger partial charge >= 0.3 is 6.18 Å². The van der Waals surface area contributed by atoms with Crippen molar-refractivity contribution in [3.63, 3.8) is 0 Å². The average molecular weight is 310 g/mol. The maximum Gasteiger partial charge on any atom is 0.416 e. The molecule has 22 heavy (non-hydrogen) atoms. The zero-order valence-electron chi connectivity index (χ0n) is 11.6. The number of rotatable bonds is 4. The minimum atomic E-state index is -4.41. The number of benzene rings is 2. The van der Waals surface area contributed by atoms with Crippen molar-refractivity contribution in [2.75, 3.05) is 12.5 Å². The second kappa shape index (κ2) is 6.38. The first kappa shape index (κ1) is 15.7. The molecule has 0 amide bonds. The van der Waals surface area contributed by atoms with Gasteiger partial charge in [0.1, 0.15) is 11.5 Å². The van der Waals surface area contributed by atoms with Gasteiger partial charge in [0.05, 0.1) is 24.6 Å². The molecule has 0 atom stereocenters. The maximum absolute atomic E-state index is 12.6. The molecule has 0 fully saturated rings. The van der Waals surface area contributed by atoms with E-state index in [-0.39, 0.29) is 11.4 Å². The molecule has 4 nitrogen and oxygen atoms in total. The molecule has 2 rings (SSSR count). The van der Waals surface area contributed by atoms with Crippen LogP contribution >= 0.6 is 0 Å². The van der Waals surface area contributed by atoms with Crippen LogP contribution in [0.15, 0.2) is 47.6 Å². The standard InChI is InChI=1S/C15H13F3N2O2/c1-22-13-5-6-14(21)10(7-13)9-19-20-12-4-2-3-11(8-12)15(16,17)18/h2-9,20-21H,1H3/b19-9+. The van der Waals surface area contributed by atoms with Crippen LogP contribution in [0, 0.1) is 0 Å². The number of anilines is 1. The minimum Gasteiger partial charge on any atom is -0.507 e. The number of phenolic OH excluding ortho intramolecular Hbond substituents is 1. The van der Waals surface area contributed by atoms with Crippen molar-refractivity contribution in [2.24, 2.45) is 5.10 Å². The normalized spacial score (nSPS) is 11.6. The summed E-state index contributed by atoms with van der Waals surface area (Å²) in [4.78, 5) is 0. The van der Waals surface area contributed by atoms with E-state index in [2.05, 4.69) is 10.5 Å². The van der Waals surface area contributed by atoms with Crippen LogP contribution < -0.4 is 10.2 Å². The number of nitrogens with zero attached hydrogens (tertiary/aromatic N) is 1. The summed E-state index contributed by atoms with van der Waals surface area (Å²) in [5.41, 5.74) is 2.28. The SMILES string of the molecule is COc1ccc(O)c(/C=N/Nc2cccc(C(F)(F)F)c2)c1. The third-order valence-electron chi connectivity index (χ3n) is 2.82. The highest BCUT2D eigenvalue weighted by atomic mass is 19.4. The number of hydrazone groups is 1. The molecule has 0 aliphatic heterocycles. The van der Waals surface area contributed by atoms with Crippen molar-refractivity contribution >= 4 is 11.9 Å². The molecule has 0 aliphatic rings. The monoisotopic (exact) mass is 310 g/mol. The van der Waals surface area contributed by atoms with Crippen LogP contribution in [0.4, 0.5) is 18.9 Å². The van der Waals surface area contributed by atoms with Gasteiger partial charge in [-0.25, -0.2) is 0 Å². The predicted octanol–water partition coefficient (Wildman–Crippen LogP) is 3.87. The molecule has 0 bridgehead atoms. The molecule has 0 saturated heterocycles. The molecule has 0 unspecified atom stereocenters. The van der Waals surface area contributed by atoms with Crippen molar-refractivity contribution < 1.29 is 23.0 Å². The van der Waals surface area contributed by atoms with Gasteiger partial charge < -0.3 is 9.84 Å². The van der Waals surface area contributed by atoms with Crippen LogP contribution in [0.25, 0.3) is 0 Å². The van der Waals surface area contributed by atoms with Gasteiger partial charge in [0.15, 0.2) is 0 Å². The number of halogens is 3. The van der Waals surface area contributed by atoms with Gasteiger partial charge in [-0.15, -0.1) is 0 Å². The van der Waals surface area contributed by atoms with E-state index in [9.17, 15) is 18.3 Å². The Balaban J connectivity index is 2.13. The van der Waals surface area contributed by atoms with E-state index in [1.165, 1.54) is 31.5 Å². The number of ether oxygens (including phenoxy) is 1. The topological polar surface area (TPSA) is 53.9 Å². The number of hydrogen-bond donors (Lipinski definition) is 2. The summed E-state index contributed by atoms with van der Waals surface area (Å²) in [7, 11) is 1.48. The molecule has 0 heterocycles. The summed E-state index contributed by atoms with van der Waals surface area (Å²) in [6.45, 7) is 0. The third kappa shape index (κ3) is 3.91. The second-order valence-electron chi connectivity index (χ2n) is 4.37. The predicted molar refractivity (Wildman–Crippen MR) is 77.3 cm³/mol. The Labute approximate surface area is 124 Å². The van der Waals surface area contributed by atoms with E-state index in [0.717, 1.165) is 12.1 Å². The fraction of sp³-hybridized carbons (Fsp3) is 0.133. The van der Waals surface area contributed by atoms with Crippen molar-refractivity contribution in [3.8, 4) is 11.5 Å². The van der Waals surface area contributed by atoms with Gasteiger partial charge in [-0.1, -0.05) is 6.07 Å². The van der Waals surface area contributed by atoms with Gasteiger partial charge in [0.25, 0.3) is 0 Å². The van der Waals surface area contributed by atoms with Crippen LogP contribution in [-0.4, -0.2) is 18.4 Å². The van der Waals surface area contributed by atoms with Crippen LogP contribution in [0.5, 0.6) is 11.5 Å². The molecule has 2 N–H and O–H groups in total. The Hall–Kier alpha value is -2.70. The molecule has 7 heteroatoms. The molecule has 116 valence electrons. The fourth-order valence-corrected chi connectivity index (χ4v) is 1.70. The van der Waals surface area contributed by atoms with E-state index in [1.54, 1.807) is 12.1 Å². The lowest BCUT2D eigenvalue weighted by molar-refractivity contribution is -0.137. The molecule has 2 aromatic rings. The fourth-order valence-electron chi connectivity index (χ4n) is 1.70. The largest absolute Gasteiger partial charge is 0.507 e. The quantitative estimate of drug-likeness (QED) is 0.666. The Morgan fingerprint density at radius 3 is 2.64 bits per heavy atom. The number of hydrogen-bond acceptors (Lipinski definition) is 4. The number of methoxy groups -OCH3 is 1. The highest BCUT2D eigenvalue weighted by Gasteiger charge is 2.30. The van der Waals surface area contributed by atoms with E-state index in [4.69, 9.17) is 4.74 Å². The van der Waals surface area contributed by atoms with Gasteiger partial charge in [0, 0.05) is 5.56 Å². The van der Waals surface area contributed by atoms with Crippen molar-refractivity contribution in [2.45, 2.75) is 6.18 Å². The summed E-state index contributed by atoms with van der Waals surface area (Å²) in [5, 5.41) is 13.5. The van der Waals surface area contributed by atoms with Crippen LogP contribution in [0.2, 0.25) is 0 Å². The Kier molecular flexibility index (Phi) is 4.55. The van der Waals surface area contributed by atoms with Crippen LogP contribution in [0.3, 0.4) is 0 Å². The van der Waals surface area contributed by atoms with Gasteiger partial charge in [-0.3, -0.25) is 5.43 Å². The molecule has 0 aromatic heterocycles. The van der Waals surface area contributed by atoms with Gasteiger partial charge in [-0.2, -0.15) is 18.3 Å². The lowest BCUT2D eigenvalue weighted by Gasteiger charge is -2.08. The molecule has 0 radical (unpaired) electrons. The highest BCUT2D eigenvalue weighted by molar-refractivity contribution is 5.84. The Bertz CT molecular complexity index is 685. The lowest BCUT2D eigenvalue weighted by atomic mass is 10.2. The summed E-state index contributed by atoms with van der Waals surface area (Å²) >= 11 is 0. The first-order chi connectivity index (χ1) is 10.4. The van der Waals surface area contributed by atoms with Crippen molar-refractivity contribution in [1.82, 2.24) is 0 Å². The number of aromatic hydroxyl groups is 1. The Morgan fingerprint density at radius 1 is 1.18 bits per heavy atom. The second-order valence-corrected chi connectivity index (χ2v) is 4.37. The summed E-state index contributed by atoms with van der Waals surface area (Å²) in [6.07, 6.45) is -3.12. The van der Waals surface area contributed by atoms with Crippen LogP contribution in [0.1, 0.15) is 11.1 Å². The van der Waals surface area contributed by atoms with E-state index >= 15 is 0 Å². The molecular weight excluding hydrogens is 297 g/mol. The Morgan fingerprint density at radius 2 is 1.95 bits per heavy atom. The first-order valence-electron chi connectivity index (χ1n) is 6.23. The first-order valence-corrected chi connectivity index (χ1v) is 6.23. The lowest BCUT2D eigenvalue weighted by Crippen LogP contribution is -2.05. The maximum atomic E-state index is 12.6. The molecular formula is C15H13F3N2O2. The minimum absolute atomic E-state index is 0.0182. The van der Waals surface area contributed by atoms with Crippen LogP contribution in [-0.2, 0) is 6.18 Å². The van der Waals surface area contributed by atoms with E-state index in [1.807, 2.05) is 0 Å². The average Bonchev–Trinajstić information content (AvgIpc) is 2.48. The number of alkyl halides is 3. The molecule has 0 spiro atoms. The summed E-state index contributed by atoms with van der Waals surface area (Å²) in [6, 6.07) is 9.22. The zero-order chi connectivity index (χ0) is 16.2. The highest BCUT2D eigenvalue weighted by Crippen LogP contribution is 2.30. The molecule has 0 aliphatic carbocycles.